The number of benzene rings is 1. The maximum absolute atomic E-state index is 15.0. The number of halogens is 1. The number of nitrogens with zero attached hydrogens (tertiary/aromatic N) is 3. The van der Waals surface area contributed by atoms with E-state index in [2.05, 4.69) is 47.8 Å². The van der Waals surface area contributed by atoms with Gasteiger partial charge in [-0.25, -0.2) is 0 Å². The predicted molar refractivity (Wildman–Crippen MR) is 187 cm³/mol. The molecule has 10 heteroatoms. The second kappa shape index (κ2) is 15.5. The largest absolute Gasteiger partial charge is 0.465 e. The fraction of sp³-hybridized carbons (Fsp3) is 0.629. The van der Waals surface area contributed by atoms with Gasteiger partial charge >= 0.3 is 5.97 Å². The average molecular weight is 705 g/mol. The number of thioether (sulfide) groups is 1. The van der Waals surface area contributed by atoms with Crippen molar-refractivity contribution in [1.29, 1.82) is 0 Å². The van der Waals surface area contributed by atoms with Crippen LogP contribution in [0.2, 0.25) is 0 Å². The summed E-state index contributed by atoms with van der Waals surface area (Å²) in [4.78, 5) is 48.8. The summed E-state index contributed by atoms with van der Waals surface area (Å²) in [6.45, 7) is 18.0. The number of hydrogen-bond acceptors (Lipinski definition) is 7. The molecule has 2 bridgehead atoms. The number of likely N-dealkylation sites (tertiary alicyclic amines) is 1. The van der Waals surface area contributed by atoms with E-state index in [9.17, 15) is 19.5 Å². The van der Waals surface area contributed by atoms with Crippen molar-refractivity contribution >= 4 is 56.9 Å². The van der Waals surface area contributed by atoms with E-state index in [-0.39, 0.29) is 53.5 Å². The Labute approximate surface area is 281 Å². The van der Waals surface area contributed by atoms with Crippen LogP contribution in [0.15, 0.2) is 49.6 Å². The molecule has 0 saturated carbocycles. The number of amides is 2. The van der Waals surface area contributed by atoms with E-state index in [1.54, 1.807) is 27.6 Å². The van der Waals surface area contributed by atoms with Gasteiger partial charge in [0, 0.05) is 41.1 Å². The van der Waals surface area contributed by atoms with Crippen LogP contribution in [0.3, 0.4) is 0 Å². The van der Waals surface area contributed by atoms with E-state index >= 15 is 0 Å². The van der Waals surface area contributed by atoms with E-state index in [4.69, 9.17) is 4.74 Å². The van der Waals surface area contributed by atoms with Gasteiger partial charge in [-0.2, -0.15) is 0 Å². The summed E-state index contributed by atoms with van der Waals surface area (Å²) in [5.41, 5.74) is 1.79. The third-order valence-corrected chi connectivity index (χ3v) is 13.2. The Morgan fingerprint density at radius 2 is 1.82 bits per heavy atom. The van der Waals surface area contributed by atoms with Gasteiger partial charge in [0.05, 0.1) is 35.8 Å². The van der Waals surface area contributed by atoms with Gasteiger partial charge in [-0.15, -0.1) is 24.9 Å². The topological polar surface area (TPSA) is 90.4 Å². The molecule has 45 heavy (non-hydrogen) atoms. The fourth-order valence-electron chi connectivity index (χ4n) is 7.48. The summed E-state index contributed by atoms with van der Waals surface area (Å²) in [7, 11) is 0. The summed E-state index contributed by atoms with van der Waals surface area (Å²) in [6, 6.07) is 6.52. The lowest BCUT2D eigenvalue weighted by molar-refractivity contribution is -0.154. The van der Waals surface area contributed by atoms with E-state index in [1.165, 1.54) is 0 Å². The zero-order chi connectivity index (χ0) is 32.9. The molecule has 1 spiro atoms. The molecule has 0 aromatic heterocycles. The number of esters is 1. The van der Waals surface area contributed by atoms with Crippen LogP contribution in [-0.4, -0.2) is 87.5 Å². The van der Waals surface area contributed by atoms with Crippen molar-refractivity contribution in [2.45, 2.75) is 86.7 Å². The second-order valence-corrected chi connectivity index (χ2v) is 15.1. The first kappa shape index (κ1) is 35.6. The molecule has 4 rings (SSSR count). The molecule has 3 saturated heterocycles. The Morgan fingerprint density at radius 3 is 2.40 bits per heavy atom. The normalized spacial score (nSPS) is 28.0. The van der Waals surface area contributed by atoms with Crippen LogP contribution in [0.4, 0.5) is 11.4 Å². The van der Waals surface area contributed by atoms with E-state index in [0.29, 0.717) is 6.42 Å². The summed E-state index contributed by atoms with van der Waals surface area (Å²) in [6.07, 6.45) is 7.29. The predicted octanol–water partition coefficient (Wildman–Crippen LogP) is 5.82. The first-order valence-corrected chi connectivity index (χ1v) is 18.2. The van der Waals surface area contributed by atoms with Gasteiger partial charge in [0.2, 0.25) is 5.91 Å². The van der Waals surface area contributed by atoms with Crippen molar-refractivity contribution in [2.75, 3.05) is 42.6 Å². The van der Waals surface area contributed by atoms with Crippen molar-refractivity contribution in [3.63, 3.8) is 0 Å². The number of alkyl halides is 1. The number of carbonyl (C=O) groups is 3. The monoisotopic (exact) mass is 703 g/mol. The Hall–Kier alpha value is -2.30. The summed E-state index contributed by atoms with van der Waals surface area (Å²) in [5.74, 6) is -2.24. The van der Waals surface area contributed by atoms with Crippen molar-refractivity contribution in [1.82, 2.24) is 4.90 Å². The number of aliphatic hydroxyl groups excluding tert-OH is 1. The number of anilines is 2. The van der Waals surface area contributed by atoms with E-state index in [1.807, 2.05) is 44.2 Å². The number of ether oxygens (including phenoxy) is 1. The van der Waals surface area contributed by atoms with Crippen LogP contribution in [0.25, 0.3) is 0 Å². The maximum atomic E-state index is 15.0. The lowest BCUT2D eigenvalue weighted by Crippen LogP contribution is -2.59. The minimum Gasteiger partial charge on any atom is -0.465 e. The molecule has 3 aliphatic rings. The first-order valence-electron chi connectivity index (χ1n) is 16.4. The molecule has 0 radical (unpaired) electrons. The average Bonchev–Trinajstić information content (AvgIpc) is 3.64. The minimum absolute atomic E-state index is 0.0529. The van der Waals surface area contributed by atoms with Gasteiger partial charge < -0.3 is 24.5 Å². The SMILES string of the molecule is C=CCCCCOC(=O)[C@H]1[C@@H]2SC3(CC2Br)C(C(=O)N(CC=C)c2ccc(N(CC)CC)cc2)N([C@@H](CO)[C@@H](C)CC)C(=O)[C@H]13. The van der Waals surface area contributed by atoms with Crippen molar-refractivity contribution in [3.8, 4) is 0 Å². The van der Waals surface area contributed by atoms with Crippen molar-refractivity contribution < 1.29 is 24.2 Å². The molecule has 1 aromatic rings. The first-order chi connectivity index (χ1) is 21.6. The molecule has 3 aliphatic heterocycles. The quantitative estimate of drug-likeness (QED) is 0.0947. The number of hydrogen-bond donors (Lipinski definition) is 1. The minimum atomic E-state index is -0.857. The van der Waals surface area contributed by atoms with Crippen LogP contribution in [0.5, 0.6) is 0 Å². The van der Waals surface area contributed by atoms with E-state index in [0.717, 1.165) is 50.1 Å². The van der Waals surface area contributed by atoms with Crippen LogP contribution in [0, 0.1) is 17.8 Å². The highest BCUT2D eigenvalue weighted by Gasteiger charge is 2.77. The highest BCUT2D eigenvalue weighted by Crippen LogP contribution is 2.68. The molecule has 2 amide bonds. The molecule has 1 N–H and O–H groups in total. The van der Waals surface area contributed by atoms with Gasteiger partial charge in [-0.05, 0) is 69.7 Å². The molecule has 3 unspecified atom stereocenters. The van der Waals surface area contributed by atoms with Crippen LogP contribution >= 0.6 is 27.7 Å². The fourth-order valence-corrected chi connectivity index (χ4v) is 11.1. The zero-order valence-electron chi connectivity index (χ0n) is 27.2. The Kier molecular flexibility index (Phi) is 12.3. The number of aliphatic hydroxyl groups is 1. The molecular formula is C35H50BrN3O5S. The number of rotatable bonds is 17. The molecule has 1 aromatic carbocycles. The lowest BCUT2D eigenvalue weighted by atomic mass is 9.71. The van der Waals surface area contributed by atoms with Gasteiger partial charge in [0.25, 0.3) is 5.91 Å². The molecular weight excluding hydrogens is 654 g/mol. The van der Waals surface area contributed by atoms with Crippen molar-refractivity contribution in [3.05, 3.63) is 49.6 Å². The Balaban J connectivity index is 1.75. The van der Waals surface area contributed by atoms with E-state index < -0.39 is 28.7 Å². The number of allylic oxidation sites excluding steroid dienone is 1. The van der Waals surface area contributed by atoms with Crippen LogP contribution < -0.4 is 9.80 Å². The molecule has 8 atom stereocenters. The van der Waals surface area contributed by atoms with Crippen molar-refractivity contribution in [2.24, 2.45) is 17.8 Å². The number of unbranched alkanes of at least 4 members (excludes halogenated alkanes) is 2. The molecule has 0 aliphatic carbocycles. The number of fused-ring (bicyclic) bond motifs is 1. The smallest absolute Gasteiger partial charge is 0.310 e. The maximum Gasteiger partial charge on any atom is 0.310 e. The standard InChI is InChI=1S/C35H50BrN3O5S/c1-7-12-13-14-20-44-34(43)28-29-32(41)39(27(22-40)23(6)9-3)31(35(29)21-26(36)30(28)45-35)33(42)38(19-8-2)25-17-15-24(16-18-25)37(10-4)11-5/h7-8,15-18,23,26-31,40H,1-2,9-14,19-22H2,3-6H3/t23-,26?,27-,28+,29-,30+,31?,35?/m0/s1. The molecule has 248 valence electrons. The van der Waals surface area contributed by atoms with Gasteiger partial charge in [0.1, 0.15) is 6.04 Å². The summed E-state index contributed by atoms with van der Waals surface area (Å²) in [5, 5.41) is 10.5. The number of carbonyl (C=O) groups excluding carboxylic acids is 3. The third kappa shape index (κ3) is 6.61. The highest BCUT2D eigenvalue weighted by molar-refractivity contribution is 9.09. The zero-order valence-corrected chi connectivity index (χ0v) is 29.6. The molecule has 8 nitrogen and oxygen atoms in total. The lowest BCUT2D eigenvalue weighted by Gasteiger charge is -2.41. The molecule has 3 fully saturated rings. The van der Waals surface area contributed by atoms with Gasteiger partial charge in [-0.3, -0.25) is 14.4 Å². The Morgan fingerprint density at radius 1 is 1.16 bits per heavy atom. The summed E-state index contributed by atoms with van der Waals surface area (Å²) >= 11 is 5.42. The highest BCUT2D eigenvalue weighted by atomic mass is 79.9. The summed E-state index contributed by atoms with van der Waals surface area (Å²) < 4.78 is 4.94. The Bertz CT molecular complexity index is 1230. The molecule has 3 heterocycles. The van der Waals surface area contributed by atoms with Crippen LogP contribution in [-0.2, 0) is 19.1 Å². The van der Waals surface area contributed by atoms with Gasteiger partial charge in [-0.1, -0.05) is 48.4 Å². The third-order valence-electron chi connectivity index (χ3n) is 9.99. The second-order valence-electron chi connectivity index (χ2n) is 12.4. The van der Waals surface area contributed by atoms with Crippen LogP contribution in [0.1, 0.15) is 59.8 Å². The van der Waals surface area contributed by atoms with Gasteiger partial charge in [0.15, 0.2) is 0 Å².